The lowest BCUT2D eigenvalue weighted by molar-refractivity contribution is 0.0601. The summed E-state index contributed by atoms with van der Waals surface area (Å²) < 4.78 is 9.85. The molecule has 0 bridgehead atoms. The maximum absolute atomic E-state index is 11.7. The molecule has 0 aliphatic carbocycles. The van der Waals surface area contributed by atoms with Crippen molar-refractivity contribution in [2.45, 2.75) is 12.6 Å². The first-order chi connectivity index (χ1) is 8.76. The fourth-order valence-corrected chi connectivity index (χ4v) is 3.84. The Bertz CT molecular complexity index is 416. The van der Waals surface area contributed by atoms with Gasteiger partial charge in [0.25, 0.3) is 0 Å². The van der Waals surface area contributed by atoms with Crippen LogP contribution in [0.2, 0.25) is 0 Å². The number of aromatic nitrogens is 1. The van der Waals surface area contributed by atoms with Gasteiger partial charge in [0.15, 0.2) is 0 Å². The molecule has 1 aliphatic rings. The van der Waals surface area contributed by atoms with Crippen molar-refractivity contribution in [3.05, 3.63) is 15.6 Å². The average molecular weight is 288 g/mol. The molecule has 1 aliphatic heterocycles. The van der Waals surface area contributed by atoms with Gasteiger partial charge in [-0.1, -0.05) is 0 Å². The SMILES string of the molecule is COCc1nc(C2CSCCN2)sc1C(=O)OC. The minimum absolute atomic E-state index is 0.225. The summed E-state index contributed by atoms with van der Waals surface area (Å²) in [6.07, 6.45) is 0. The second-order valence-corrected chi connectivity index (χ2v) is 6.01. The molecule has 2 heterocycles. The fraction of sp³-hybridized carbons (Fsp3) is 0.636. The van der Waals surface area contributed by atoms with Crippen LogP contribution in [0.3, 0.4) is 0 Å². The zero-order valence-corrected chi connectivity index (χ0v) is 12.0. The molecule has 1 aromatic rings. The largest absolute Gasteiger partial charge is 0.465 e. The lowest BCUT2D eigenvalue weighted by Gasteiger charge is -2.20. The number of esters is 1. The lowest BCUT2D eigenvalue weighted by Crippen LogP contribution is -2.30. The average Bonchev–Trinajstić information content (AvgIpc) is 2.83. The molecule has 1 fully saturated rings. The van der Waals surface area contributed by atoms with Gasteiger partial charge in [-0.2, -0.15) is 11.8 Å². The Kier molecular flexibility index (Phi) is 4.99. The maximum atomic E-state index is 11.7. The van der Waals surface area contributed by atoms with Crippen molar-refractivity contribution in [2.75, 3.05) is 32.3 Å². The summed E-state index contributed by atoms with van der Waals surface area (Å²) in [5.41, 5.74) is 0.668. The number of rotatable bonds is 4. The highest BCUT2D eigenvalue weighted by Crippen LogP contribution is 2.29. The number of carbonyl (C=O) groups excluding carboxylic acids is 1. The van der Waals surface area contributed by atoms with Gasteiger partial charge in [-0.15, -0.1) is 11.3 Å². The van der Waals surface area contributed by atoms with Crippen LogP contribution in [0.5, 0.6) is 0 Å². The normalized spacial score (nSPS) is 19.8. The molecule has 1 unspecified atom stereocenters. The van der Waals surface area contributed by atoms with Gasteiger partial charge in [-0.25, -0.2) is 9.78 Å². The van der Waals surface area contributed by atoms with Crippen LogP contribution in [0.25, 0.3) is 0 Å². The highest BCUT2D eigenvalue weighted by atomic mass is 32.2. The first-order valence-corrected chi connectivity index (χ1v) is 7.61. The third-order valence-corrected chi connectivity index (χ3v) is 4.84. The molecule has 18 heavy (non-hydrogen) atoms. The van der Waals surface area contributed by atoms with Gasteiger partial charge >= 0.3 is 5.97 Å². The number of thioether (sulfide) groups is 1. The van der Waals surface area contributed by atoms with Crippen LogP contribution in [0, 0.1) is 0 Å². The Balaban J connectivity index is 2.23. The van der Waals surface area contributed by atoms with Crippen LogP contribution in [-0.4, -0.2) is 43.2 Å². The second-order valence-electron chi connectivity index (χ2n) is 3.83. The summed E-state index contributed by atoms with van der Waals surface area (Å²) in [7, 11) is 2.97. The number of thiazole rings is 1. The predicted molar refractivity (Wildman–Crippen MR) is 72.2 cm³/mol. The number of nitrogens with zero attached hydrogens (tertiary/aromatic N) is 1. The van der Waals surface area contributed by atoms with E-state index in [2.05, 4.69) is 10.3 Å². The quantitative estimate of drug-likeness (QED) is 0.846. The van der Waals surface area contributed by atoms with Crippen molar-refractivity contribution < 1.29 is 14.3 Å². The first-order valence-electron chi connectivity index (χ1n) is 5.64. The molecular weight excluding hydrogens is 272 g/mol. The number of carbonyl (C=O) groups is 1. The molecule has 7 heteroatoms. The number of ether oxygens (including phenoxy) is 2. The van der Waals surface area contributed by atoms with E-state index in [0.29, 0.717) is 17.2 Å². The minimum Gasteiger partial charge on any atom is -0.465 e. The highest BCUT2D eigenvalue weighted by Gasteiger charge is 2.24. The van der Waals surface area contributed by atoms with Gasteiger partial charge in [-0.3, -0.25) is 0 Å². The van der Waals surface area contributed by atoms with E-state index in [1.165, 1.54) is 18.4 Å². The Labute approximate surface area is 114 Å². The van der Waals surface area contributed by atoms with Gasteiger partial charge < -0.3 is 14.8 Å². The molecule has 1 saturated heterocycles. The molecule has 2 rings (SSSR count). The highest BCUT2D eigenvalue weighted by molar-refractivity contribution is 7.99. The smallest absolute Gasteiger partial charge is 0.350 e. The molecule has 0 amide bonds. The Morgan fingerprint density at radius 1 is 1.56 bits per heavy atom. The molecular formula is C11H16N2O3S2. The van der Waals surface area contributed by atoms with Gasteiger partial charge in [0.05, 0.1) is 25.5 Å². The lowest BCUT2D eigenvalue weighted by atomic mass is 10.3. The fourth-order valence-electron chi connectivity index (χ4n) is 1.73. The molecule has 0 saturated carbocycles. The second kappa shape index (κ2) is 6.51. The van der Waals surface area contributed by atoms with Crippen LogP contribution in [0.15, 0.2) is 0 Å². The monoisotopic (exact) mass is 288 g/mol. The predicted octanol–water partition coefficient (Wildman–Crippen LogP) is 1.45. The van der Waals surface area contributed by atoms with E-state index in [1.807, 2.05) is 11.8 Å². The van der Waals surface area contributed by atoms with E-state index >= 15 is 0 Å². The molecule has 0 aromatic carbocycles. The molecule has 1 atom stereocenters. The molecule has 0 radical (unpaired) electrons. The summed E-state index contributed by atoms with van der Waals surface area (Å²) in [5, 5.41) is 4.35. The summed E-state index contributed by atoms with van der Waals surface area (Å²) in [5.74, 6) is 1.77. The Morgan fingerprint density at radius 2 is 2.39 bits per heavy atom. The van der Waals surface area contributed by atoms with Crippen LogP contribution >= 0.6 is 23.1 Å². The van der Waals surface area contributed by atoms with Crippen molar-refractivity contribution in [1.82, 2.24) is 10.3 Å². The summed E-state index contributed by atoms with van der Waals surface area (Å²) in [4.78, 5) is 16.7. The molecule has 100 valence electrons. The molecule has 1 N–H and O–H groups in total. The third kappa shape index (κ3) is 3.03. The number of hydrogen-bond acceptors (Lipinski definition) is 7. The van der Waals surface area contributed by atoms with E-state index in [-0.39, 0.29) is 12.0 Å². The van der Waals surface area contributed by atoms with Gasteiger partial charge in [-0.05, 0) is 0 Å². The van der Waals surface area contributed by atoms with Crippen molar-refractivity contribution in [3.63, 3.8) is 0 Å². The van der Waals surface area contributed by atoms with Crippen LogP contribution < -0.4 is 5.32 Å². The standard InChI is InChI=1S/C11H16N2O3S2/c1-15-5-7-9(11(14)16-2)18-10(13-7)8-6-17-4-3-12-8/h8,12H,3-6H2,1-2H3. The number of methoxy groups -OCH3 is 2. The van der Waals surface area contributed by atoms with E-state index in [4.69, 9.17) is 9.47 Å². The Hall–Kier alpha value is -0.630. The molecule has 5 nitrogen and oxygen atoms in total. The van der Waals surface area contributed by atoms with Crippen molar-refractivity contribution in [3.8, 4) is 0 Å². The number of hydrogen-bond donors (Lipinski definition) is 1. The summed E-state index contributed by atoms with van der Waals surface area (Å²) in [6.45, 7) is 1.31. The van der Waals surface area contributed by atoms with Crippen molar-refractivity contribution >= 4 is 29.1 Å². The topological polar surface area (TPSA) is 60.5 Å². The summed E-state index contributed by atoms with van der Waals surface area (Å²) >= 11 is 3.29. The summed E-state index contributed by atoms with van der Waals surface area (Å²) in [6, 6.07) is 0.225. The third-order valence-electron chi connectivity index (χ3n) is 2.59. The van der Waals surface area contributed by atoms with Gasteiger partial charge in [0.2, 0.25) is 0 Å². The first kappa shape index (κ1) is 13.8. The van der Waals surface area contributed by atoms with Gasteiger partial charge in [0, 0.05) is 25.2 Å². The van der Waals surface area contributed by atoms with Gasteiger partial charge in [0.1, 0.15) is 9.88 Å². The zero-order valence-electron chi connectivity index (χ0n) is 10.4. The van der Waals surface area contributed by atoms with E-state index in [9.17, 15) is 4.79 Å². The minimum atomic E-state index is -0.339. The van der Waals surface area contributed by atoms with E-state index < -0.39 is 0 Å². The van der Waals surface area contributed by atoms with E-state index in [0.717, 1.165) is 23.1 Å². The van der Waals surface area contributed by atoms with E-state index in [1.54, 1.807) is 7.11 Å². The molecule has 0 spiro atoms. The van der Waals surface area contributed by atoms with Crippen molar-refractivity contribution in [1.29, 1.82) is 0 Å². The zero-order chi connectivity index (χ0) is 13.0. The van der Waals surface area contributed by atoms with Crippen LogP contribution in [0.1, 0.15) is 26.4 Å². The number of nitrogens with one attached hydrogen (secondary N) is 1. The molecule has 1 aromatic heterocycles. The van der Waals surface area contributed by atoms with Crippen molar-refractivity contribution in [2.24, 2.45) is 0 Å². The Morgan fingerprint density at radius 3 is 3.00 bits per heavy atom. The maximum Gasteiger partial charge on any atom is 0.350 e. The van der Waals surface area contributed by atoms with Crippen LogP contribution in [-0.2, 0) is 16.1 Å². The van der Waals surface area contributed by atoms with Crippen LogP contribution in [0.4, 0.5) is 0 Å².